The van der Waals surface area contributed by atoms with E-state index in [9.17, 15) is 4.79 Å². The molecule has 2 N–H and O–H groups in total. The van der Waals surface area contributed by atoms with E-state index >= 15 is 0 Å². The van der Waals surface area contributed by atoms with E-state index in [4.69, 9.17) is 10.5 Å². The number of benzene rings is 1. The Morgan fingerprint density at radius 2 is 1.94 bits per heavy atom. The standard InChI is InChI=1S/C25H23N7O2/c1-16-8-21(32-23(16)24(26)28-14-30-32)19-9-18(25(34-2)27-11-19)10-22(33)20-13-31(15-29-20)12-17-6-4-3-5-7-17/h3-9,11,13-15H,10,12H2,1-2H3,(H2,26,28,30). The lowest BCUT2D eigenvalue weighted by molar-refractivity contribution is 0.0987. The Labute approximate surface area is 195 Å². The molecule has 9 heteroatoms. The fourth-order valence-electron chi connectivity index (χ4n) is 4.06. The molecule has 0 amide bonds. The second-order valence-electron chi connectivity index (χ2n) is 8.03. The number of pyridine rings is 1. The summed E-state index contributed by atoms with van der Waals surface area (Å²) in [5.41, 5.74) is 11.5. The Hall–Kier alpha value is -4.53. The number of methoxy groups -OCH3 is 1. The van der Waals surface area contributed by atoms with Gasteiger partial charge in [0.05, 0.1) is 19.1 Å². The molecule has 0 aliphatic carbocycles. The van der Waals surface area contributed by atoms with Gasteiger partial charge in [0.2, 0.25) is 5.88 Å². The lowest BCUT2D eigenvalue weighted by atomic mass is 10.1. The number of rotatable bonds is 7. The normalized spacial score (nSPS) is 11.1. The van der Waals surface area contributed by atoms with Crippen molar-refractivity contribution in [1.29, 1.82) is 0 Å². The lowest BCUT2D eigenvalue weighted by Gasteiger charge is -2.09. The van der Waals surface area contributed by atoms with Crippen molar-refractivity contribution in [3.8, 4) is 17.1 Å². The van der Waals surface area contributed by atoms with E-state index in [0.29, 0.717) is 29.5 Å². The molecular formula is C25H23N7O2. The fraction of sp³-hybridized carbons (Fsp3) is 0.160. The van der Waals surface area contributed by atoms with Gasteiger partial charge in [0.25, 0.3) is 0 Å². The van der Waals surface area contributed by atoms with E-state index in [1.165, 1.54) is 13.4 Å². The summed E-state index contributed by atoms with van der Waals surface area (Å²) in [7, 11) is 1.54. The van der Waals surface area contributed by atoms with E-state index in [1.54, 1.807) is 23.2 Å². The number of nitrogens with two attached hydrogens (primary N) is 1. The van der Waals surface area contributed by atoms with Crippen LogP contribution < -0.4 is 10.5 Å². The number of aromatic nitrogens is 6. The molecule has 0 fully saturated rings. The molecule has 170 valence electrons. The smallest absolute Gasteiger partial charge is 0.216 e. The van der Waals surface area contributed by atoms with Crippen molar-refractivity contribution in [2.45, 2.75) is 19.9 Å². The minimum Gasteiger partial charge on any atom is -0.481 e. The largest absolute Gasteiger partial charge is 0.481 e. The van der Waals surface area contributed by atoms with Crippen molar-refractivity contribution in [2.24, 2.45) is 0 Å². The molecule has 4 aromatic heterocycles. The fourth-order valence-corrected chi connectivity index (χ4v) is 4.06. The number of hydrogen-bond donors (Lipinski definition) is 1. The molecule has 0 spiro atoms. The van der Waals surface area contributed by atoms with Gasteiger partial charge in [-0.3, -0.25) is 4.79 Å². The molecule has 0 unspecified atom stereocenters. The predicted octanol–water partition coefficient (Wildman–Crippen LogP) is 3.36. The third-order valence-electron chi connectivity index (χ3n) is 5.67. The van der Waals surface area contributed by atoms with Crippen LogP contribution in [0.5, 0.6) is 5.88 Å². The van der Waals surface area contributed by atoms with E-state index < -0.39 is 0 Å². The van der Waals surface area contributed by atoms with Crippen LogP contribution in [0.15, 0.2) is 67.5 Å². The highest BCUT2D eigenvalue weighted by Gasteiger charge is 2.18. The van der Waals surface area contributed by atoms with Gasteiger partial charge in [-0.2, -0.15) is 5.10 Å². The summed E-state index contributed by atoms with van der Waals surface area (Å²) in [5, 5.41) is 4.34. The molecule has 4 heterocycles. The number of Topliss-reactive ketones (excluding diaryl/α,β-unsaturated/α-hetero) is 1. The van der Waals surface area contributed by atoms with Crippen LogP contribution in [0.4, 0.5) is 5.82 Å². The molecule has 0 saturated heterocycles. The van der Waals surface area contributed by atoms with Crippen LogP contribution in [0.3, 0.4) is 0 Å². The summed E-state index contributed by atoms with van der Waals surface area (Å²) < 4.78 is 9.06. The van der Waals surface area contributed by atoms with Gasteiger partial charge in [0, 0.05) is 36.5 Å². The average Bonchev–Trinajstić information content (AvgIpc) is 3.45. The SMILES string of the molecule is COc1ncc(-c2cc(C)c3c(N)ncnn23)cc1CC(=O)c1cn(Cc2ccccc2)cn1. The topological polar surface area (TPSA) is 113 Å². The van der Waals surface area contributed by atoms with Crippen LogP contribution >= 0.6 is 0 Å². The van der Waals surface area contributed by atoms with Crippen molar-refractivity contribution in [3.05, 3.63) is 89.9 Å². The summed E-state index contributed by atoms with van der Waals surface area (Å²) >= 11 is 0. The lowest BCUT2D eigenvalue weighted by Crippen LogP contribution is -2.07. The summed E-state index contributed by atoms with van der Waals surface area (Å²) in [4.78, 5) is 25.9. The van der Waals surface area contributed by atoms with Gasteiger partial charge >= 0.3 is 0 Å². The predicted molar refractivity (Wildman–Crippen MR) is 128 cm³/mol. The number of ketones is 1. The molecular weight excluding hydrogens is 430 g/mol. The van der Waals surface area contributed by atoms with Gasteiger partial charge in [-0.15, -0.1) is 0 Å². The van der Waals surface area contributed by atoms with Gasteiger partial charge in [-0.05, 0) is 30.2 Å². The number of fused-ring (bicyclic) bond motifs is 1. The van der Waals surface area contributed by atoms with E-state index in [-0.39, 0.29) is 12.2 Å². The first-order chi connectivity index (χ1) is 16.5. The first kappa shape index (κ1) is 21.3. The van der Waals surface area contributed by atoms with Gasteiger partial charge in [-0.1, -0.05) is 30.3 Å². The Balaban J connectivity index is 1.43. The second kappa shape index (κ2) is 8.78. The van der Waals surface area contributed by atoms with Crippen molar-refractivity contribution < 1.29 is 9.53 Å². The third-order valence-corrected chi connectivity index (χ3v) is 5.67. The Morgan fingerprint density at radius 3 is 2.74 bits per heavy atom. The first-order valence-corrected chi connectivity index (χ1v) is 10.7. The highest BCUT2D eigenvalue weighted by Crippen LogP contribution is 2.29. The van der Waals surface area contributed by atoms with Crippen LogP contribution in [0.1, 0.15) is 27.2 Å². The Morgan fingerprint density at radius 1 is 1.12 bits per heavy atom. The minimum atomic E-state index is -0.119. The summed E-state index contributed by atoms with van der Waals surface area (Å²) in [6.45, 7) is 2.60. The molecule has 0 radical (unpaired) electrons. The molecule has 5 aromatic rings. The van der Waals surface area contributed by atoms with Crippen LogP contribution in [-0.2, 0) is 13.0 Å². The average molecular weight is 454 g/mol. The maximum atomic E-state index is 13.1. The first-order valence-electron chi connectivity index (χ1n) is 10.7. The Kier molecular flexibility index (Phi) is 5.51. The molecule has 0 aliphatic rings. The van der Waals surface area contributed by atoms with Crippen molar-refractivity contribution in [1.82, 2.24) is 29.1 Å². The summed E-state index contributed by atoms with van der Waals surface area (Å²) in [5.74, 6) is 0.682. The van der Waals surface area contributed by atoms with Crippen LogP contribution in [-0.4, -0.2) is 42.0 Å². The molecule has 0 aliphatic heterocycles. The van der Waals surface area contributed by atoms with E-state index in [0.717, 1.165) is 27.9 Å². The number of carbonyl (C=O) groups is 1. The van der Waals surface area contributed by atoms with Gasteiger partial charge in [0.1, 0.15) is 17.5 Å². The minimum absolute atomic E-state index is 0.103. The summed E-state index contributed by atoms with van der Waals surface area (Å²) in [6, 6.07) is 13.9. The van der Waals surface area contributed by atoms with Crippen molar-refractivity contribution >= 4 is 17.1 Å². The number of anilines is 1. The number of carbonyl (C=O) groups excluding carboxylic acids is 1. The molecule has 34 heavy (non-hydrogen) atoms. The molecule has 0 atom stereocenters. The maximum Gasteiger partial charge on any atom is 0.216 e. The van der Waals surface area contributed by atoms with E-state index in [1.807, 2.05) is 54.0 Å². The van der Waals surface area contributed by atoms with Gasteiger partial charge in [-0.25, -0.2) is 19.5 Å². The summed E-state index contributed by atoms with van der Waals surface area (Å²) in [6.07, 6.45) is 6.65. The third kappa shape index (κ3) is 3.99. The molecule has 0 bridgehead atoms. The van der Waals surface area contributed by atoms with Crippen molar-refractivity contribution in [2.75, 3.05) is 12.8 Å². The Bertz CT molecular complexity index is 1490. The van der Waals surface area contributed by atoms with E-state index in [2.05, 4.69) is 20.1 Å². The van der Waals surface area contributed by atoms with Gasteiger partial charge < -0.3 is 15.0 Å². The molecule has 9 nitrogen and oxygen atoms in total. The molecule has 1 aromatic carbocycles. The number of hydrogen-bond acceptors (Lipinski definition) is 7. The zero-order chi connectivity index (χ0) is 23.7. The zero-order valence-corrected chi connectivity index (χ0v) is 18.8. The number of nitrogen functional groups attached to an aromatic ring is 1. The highest BCUT2D eigenvalue weighted by molar-refractivity contribution is 5.96. The van der Waals surface area contributed by atoms with Gasteiger partial charge in [0.15, 0.2) is 11.6 Å². The van der Waals surface area contributed by atoms with Crippen LogP contribution in [0.2, 0.25) is 0 Å². The number of imidazole rings is 1. The van der Waals surface area contributed by atoms with Crippen molar-refractivity contribution in [3.63, 3.8) is 0 Å². The molecule has 0 saturated carbocycles. The van der Waals surface area contributed by atoms with Crippen LogP contribution in [0.25, 0.3) is 16.8 Å². The second-order valence-corrected chi connectivity index (χ2v) is 8.03. The quantitative estimate of drug-likeness (QED) is 0.376. The highest BCUT2D eigenvalue weighted by atomic mass is 16.5. The zero-order valence-electron chi connectivity index (χ0n) is 18.8. The number of nitrogens with zero attached hydrogens (tertiary/aromatic N) is 6. The number of ether oxygens (including phenoxy) is 1. The van der Waals surface area contributed by atoms with Crippen LogP contribution in [0, 0.1) is 6.92 Å². The monoisotopic (exact) mass is 453 g/mol. The number of aryl methyl sites for hydroxylation is 1. The maximum absolute atomic E-state index is 13.1. The molecule has 5 rings (SSSR count).